The maximum atomic E-state index is 14.6. The maximum Gasteiger partial charge on any atom is 0.157 e. The highest BCUT2D eigenvalue weighted by Gasteiger charge is 2.25. The van der Waals surface area contributed by atoms with Crippen LogP contribution in [-0.4, -0.2) is 34.1 Å². The number of pyridine rings is 1. The molecular formula is C26H23FN6. The van der Waals surface area contributed by atoms with Gasteiger partial charge in [-0.2, -0.15) is 5.26 Å². The van der Waals surface area contributed by atoms with Crippen LogP contribution in [0.2, 0.25) is 0 Å². The zero-order chi connectivity index (χ0) is 22.9. The van der Waals surface area contributed by atoms with E-state index in [1.54, 1.807) is 18.5 Å². The van der Waals surface area contributed by atoms with E-state index in [0.717, 1.165) is 48.4 Å². The molecule has 7 heteroatoms. The predicted octanol–water partition coefficient (Wildman–Crippen LogP) is 4.61. The van der Waals surface area contributed by atoms with Crippen LogP contribution in [0, 0.1) is 24.1 Å². The summed E-state index contributed by atoms with van der Waals surface area (Å²) in [5.74, 6) is 0.150. The van der Waals surface area contributed by atoms with Gasteiger partial charge >= 0.3 is 0 Å². The Kier molecular flexibility index (Phi) is 5.45. The Balaban J connectivity index is 1.81. The first-order chi connectivity index (χ1) is 16.0. The Labute approximate surface area is 191 Å². The molecule has 3 heterocycles. The third kappa shape index (κ3) is 3.90. The van der Waals surface area contributed by atoms with Crippen LogP contribution in [0.25, 0.3) is 33.4 Å². The van der Waals surface area contributed by atoms with E-state index in [2.05, 4.69) is 9.88 Å². The van der Waals surface area contributed by atoms with Crippen molar-refractivity contribution in [2.75, 3.05) is 18.0 Å². The highest BCUT2D eigenvalue weighted by Crippen LogP contribution is 2.39. The summed E-state index contributed by atoms with van der Waals surface area (Å²) in [6.45, 7) is 3.57. The zero-order valence-electron chi connectivity index (χ0n) is 18.3. The first kappa shape index (κ1) is 21.0. The van der Waals surface area contributed by atoms with Gasteiger partial charge in [0.05, 0.1) is 11.3 Å². The van der Waals surface area contributed by atoms with Crippen LogP contribution in [0.15, 0.2) is 54.9 Å². The molecule has 0 saturated carbocycles. The van der Waals surface area contributed by atoms with Crippen molar-refractivity contribution in [2.45, 2.75) is 25.8 Å². The number of nitrogens with two attached hydrogens (primary N) is 1. The molecule has 6 nitrogen and oxygen atoms in total. The number of rotatable bonds is 3. The number of benzene rings is 2. The molecule has 164 valence electrons. The maximum absolute atomic E-state index is 14.6. The highest BCUT2D eigenvalue weighted by molar-refractivity contribution is 6.03. The molecule has 1 aliphatic rings. The summed E-state index contributed by atoms with van der Waals surface area (Å²) in [7, 11) is 0. The van der Waals surface area contributed by atoms with Crippen molar-refractivity contribution >= 4 is 16.9 Å². The fourth-order valence-corrected chi connectivity index (χ4v) is 4.30. The lowest BCUT2D eigenvalue weighted by atomic mass is 9.96. The van der Waals surface area contributed by atoms with Crippen molar-refractivity contribution in [2.24, 2.45) is 5.73 Å². The zero-order valence-corrected chi connectivity index (χ0v) is 18.3. The van der Waals surface area contributed by atoms with Crippen molar-refractivity contribution in [1.82, 2.24) is 15.0 Å². The first-order valence-electron chi connectivity index (χ1n) is 11.0. The number of hydrogen-bond donors (Lipinski definition) is 1. The second-order valence-electron chi connectivity index (χ2n) is 8.41. The molecule has 0 atom stereocenters. The summed E-state index contributed by atoms with van der Waals surface area (Å²) < 4.78 is 14.6. The number of halogens is 1. The van der Waals surface area contributed by atoms with Crippen molar-refractivity contribution in [3.8, 4) is 28.5 Å². The molecule has 2 aromatic carbocycles. The Bertz CT molecular complexity index is 1370. The molecule has 0 unspecified atom stereocenters. The smallest absolute Gasteiger partial charge is 0.157 e. The van der Waals surface area contributed by atoms with Gasteiger partial charge < -0.3 is 10.6 Å². The standard InChI is InChI=1S/C26H23FN6/c1-16-2-4-17(5-3-16)22-23(18-6-7-19(15-28)21(27)14-18)32-26(25-24(22)30-10-11-31-25)33-12-8-20(29)9-13-33/h2-7,10-11,14,20H,8-9,12-13,29H2,1H3. The largest absolute Gasteiger partial charge is 0.355 e. The summed E-state index contributed by atoms with van der Waals surface area (Å²) in [6.07, 6.45) is 5.07. The summed E-state index contributed by atoms with van der Waals surface area (Å²) in [6, 6.07) is 14.8. The summed E-state index contributed by atoms with van der Waals surface area (Å²) in [4.78, 5) is 16.6. The number of nitrogens with zero attached hydrogens (tertiary/aromatic N) is 5. The number of fused-ring (bicyclic) bond motifs is 1. The van der Waals surface area contributed by atoms with E-state index in [9.17, 15) is 9.65 Å². The van der Waals surface area contributed by atoms with Crippen molar-refractivity contribution in [3.05, 3.63) is 71.8 Å². The van der Waals surface area contributed by atoms with Gasteiger partial charge in [0.15, 0.2) is 5.82 Å². The summed E-state index contributed by atoms with van der Waals surface area (Å²) in [5, 5.41) is 9.17. The van der Waals surface area contributed by atoms with Gasteiger partial charge in [0, 0.05) is 42.7 Å². The van der Waals surface area contributed by atoms with Crippen LogP contribution in [0.3, 0.4) is 0 Å². The molecule has 4 aromatic rings. The molecule has 2 aromatic heterocycles. The van der Waals surface area contributed by atoms with Gasteiger partial charge in [0.1, 0.15) is 22.9 Å². The number of anilines is 1. The number of aryl methyl sites for hydroxylation is 1. The van der Waals surface area contributed by atoms with Crippen LogP contribution in [0.4, 0.5) is 10.2 Å². The lowest BCUT2D eigenvalue weighted by molar-refractivity contribution is 0.499. The number of aromatic nitrogens is 3. The molecule has 0 spiro atoms. The van der Waals surface area contributed by atoms with Crippen LogP contribution >= 0.6 is 0 Å². The van der Waals surface area contributed by atoms with Crippen molar-refractivity contribution in [3.63, 3.8) is 0 Å². The van der Waals surface area contributed by atoms with Gasteiger partial charge in [-0.1, -0.05) is 35.9 Å². The van der Waals surface area contributed by atoms with E-state index in [1.165, 1.54) is 12.1 Å². The van der Waals surface area contributed by atoms with Gasteiger partial charge in [-0.3, -0.25) is 4.98 Å². The lowest BCUT2D eigenvalue weighted by Crippen LogP contribution is -2.40. The van der Waals surface area contributed by atoms with E-state index in [1.807, 2.05) is 37.3 Å². The fraction of sp³-hybridized carbons (Fsp3) is 0.231. The molecule has 5 rings (SSSR count). The highest BCUT2D eigenvalue weighted by atomic mass is 19.1. The molecule has 1 aliphatic heterocycles. The monoisotopic (exact) mass is 438 g/mol. The van der Waals surface area contributed by atoms with Crippen LogP contribution in [0.5, 0.6) is 0 Å². The predicted molar refractivity (Wildman–Crippen MR) is 127 cm³/mol. The van der Waals surface area contributed by atoms with E-state index < -0.39 is 5.82 Å². The van der Waals surface area contributed by atoms with Gasteiger partial charge in [0.25, 0.3) is 0 Å². The average molecular weight is 439 g/mol. The average Bonchev–Trinajstić information content (AvgIpc) is 2.84. The molecule has 0 amide bonds. The van der Waals surface area contributed by atoms with Gasteiger partial charge in [-0.25, -0.2) is 14.4 Å². The Morgan fingerprint density at radius 2 is 1.67 bits per heavy atom. The molecule has 0 bridgehead atoms. The van der Waals surface area contributed by atoms with Crippen molar-refractivity contribution < 1.29 is 4.39 Å². The van der Waals surface area contributed by atoms with Gasteiger partial charge in [-0.15, -0.1) is 0 Å². The number of piperidine rings is 1. The Morgan fingerprint density at radius 1 is 1.00 bits per heavy atom. The second-order valence-corrected chi connectivity index (χ2v) is 8.41. The normalized spacial score (nSPS) is 14.4. The molecule has 1 fully saturated rings. The lowest BCUT2D eigenvalue weighted by Gasteiger charge is -2.32. The minimum Gasteiger partial charge on any atom is -0.355 e. The van der Waals surface area contributed by atoms with Crippen molar-refractivity contribution in [1.29, 1.82) is 5.26 Å². The summed E-state index contributed by atoms with van der Waals surface area (Å²) in [5.41, 5.74) is 11.6. The Hall–Kier alpha value is -3.89. The fourth-order valence-electron chi connectivity index (χ4n) is 4.30. The van der Waals surface area contributed by atoms with E-state index in [4.69, 9.17) is 15.7 Å². The van der Waals surface area contributed by atoms with Crippen LogP contribution in [0.1, 0.15) is 24.0 Å². The second kappa shape index (κ2) is 8.57. The van der Waals surface area contributed by atoms with Crippen LogP contribution < -0.4 is 10.6 Å². The Morgan fingerprint density at radius 3 is 2.33 bits per heavy atom. The third-order valence-corrected chi connectivity index (χ3v) is 6.14. The van der Waals surface area contributed by atoms with Gasteiger partial charge in [-0.05, 0) is 37.5 Å². The molecule has 0 radical (unpaired) electrons. The van der Waals surface area contributed by atoms with Crippen LogP contribution in [-0.2, 0) is 0 Å². The quantitative estimate of drug-likeness (QED) is 0.502. The number of hydrogen-bond acceptors (Lipinski definition) is 6. The SMILES string of the molecule is Cc1ccc(-c2c(-c3ccc(C#N)c(F)c3)nc(N3CCC(N)CC3)c3nccnc23)cc1. The molecule has 1 saturated heterocycles. The van der Waals surface area contributed by atoms with E-state index in [0.29, 0.717) is 22.3 Å². The van der Waals surface area contributed by atoms with E-state index in [-0.39, 0.29) is 11.6 Å². The molecule has 2 N–H and O–H groups in total. The molecule has 0 aliphatic carbocycles. The third-order valence-electron chi connectivity index (χ3n) is 6.14. The summed E-state index contributed by atoms with van der Waals surface area (Å²) >= 11 is 0. The number of nitriles is 1. The topological polar surface area (TPSA) is 91.7 Å². The van der Waals surface area contributed by atoms with E-state index >= 15 is 0 Å². The minimum atomic E-state index is -0.573. The molecular weight excluding hydrogens is 415 g/mol. The minimum absolute atomic E-state index is 0.00135. The van der Waals surface area contributed by atoms with Gasteiger partial charge in [0.2, 0.25) is 0 Å². The first-order valence-corrected chi connectivity index (χ1v) is 11.0. The molecule has 33 heavy (non-hydrogen) atoms.